The molecule has 192 valence electrons. The SMILES string of the molecule is CC=CC=CC(=O)[O-].O=C(O)CC(O)(CC(=O)O)C(=O)O.O=C([O-])CC(O)(CC(=O)O)C(=O)O.[K+].[Na+]. The average Bonchev–Trinajstić information content (AvgIpc) is 2.59. The molecule has 1 atom stereocenters. The van der Waals surface area contributed by atoms with Crippen molar-refractivity contribution in [2.45, 2.75) is 43.8 Å². The molecule has 0 fully saturated rings. The molecule has 0 rings (SSSR count). The van der Waals surface area contributed by atoms with E-state index in [1.54, 1.807) is 19.1 Å². The molecule has 0 radical (unpaired) electrons. The summed E-state index contributed by atoms with van der Waals surface area (Å²) in [6.45, 7) is 1.81. The molecule has 0 spiro atoms. The molecule has 0 aliphatic carbocycles. The monoisotopic (exact) mass is 556 g/mol. The first-order valence-electron chi connectivity index (χ1n) is 8.60. The summed E-state index contributed by atoms with van der Waals surface area (Å²) in [5.74, 6) is -11.5. The minimum atomic E-state index is -2.80. The van der Waals surface area contributed by atoms with E-state index in [0.717, 1.165) is 6.08 Å². The second kappa shape index (κ2) is 22.5. The number of aliphatic carboxylic acids is 7. The van der Waals surface area contributed by atoms with Gasteiger partial charge in [-0.05, 0) is 13.0 Å². The molecule has 36 heavy (non-hydrogen) atoms. The molecule has 1 unspecified atom stereocenters. The van der Waals surface area contributed by atoms with E-state index in [1.165, 1.54) is 6.08 Å². The van der Waals surface area contributed by atoms with Gasteiger partial charge in [-0.3, -0.25) is 14.4 Å². The minimum absolute atomic E-state index is 0. The Balaban J connectivity index is -0.000000134. The summed E-state index contributed by atoms with van der Waals surface area (Å²) >= 11 is 0. The van der Waals surface area contributed by atoms with Crippen molar-refractivity contribution >= 4 is 41.8 Å². The first-order valence-corrected chi connectivity index (χ1v) is 8.60. The Bertz CT molecular complexity index is 751. The van der Waals surface area contributed by atoms with Gasteiger partial charge in [0.05, 0.1) is 25.2 Å². The van der Waals surface area contributed by atoms with Crippen molar-refractivity contribution in [2.24, 2.45) is 0 Å². The third-order valence-electron chi connectivity index (χ3n) is 3.10. The van der Waals surface area contributed by atoms with Gasteiger partial charge in [-0.2, -0.15) is 0 Å². The quantitative estimate of drug-likeness (QED) is 0.0666. The van der Waals surface area contributed by atoms with Gasteiger partial charge in [0, 0.05) is 12.4 Å². The molecule has 0 aromatic carbocycles. The zero-order chi connectivity index (χ0) is 27.7. The van der Waals surface area contributed by atoms with E-state index in [4.69, 9.17) is 35.7 Å². The van der Waals surface area contributed by atoms with Gasteiger partial charge in [0.2, 0.25) is 0 Å². The predicted molar refractivity (Wildman–Crippen MR) is 101 cm³/mol. The largest absolute Gasteiger partial charge is 1.00 e. The number of carboxylic acids is 7. The number of carboxylic acid groups (broad SMARTS) is 7. The maximum absolute atomic E-state index is 10.3. The van der Waals surface area contributed by atoms with E-state index in [0.29, 0.717) is 0 Å². The van der Waals surface area contributed by atoms with Crippen molar-refractivity contribution < 1.29 is 160 Å². The number of aliphatic hydroxyl groups is 2. The van der Waals surface area contributed by atoms with Crippen molar-refractivity contribution in [3.8, 4) is 0 Å². The first-order chi connectivity index (χ1) is 15.3. The Morgan fingerprint density at radius 1 is 0.667 bits per heavy atom. The van der Waals surface area contributed by atoms with E-state index >= 15 is 0 Å². The zero-order valence-electron chi connectivity index (χ0n) is 19.4. The summed E-state index contributed by atoms with van der Waals surface area (Å²) < 4.78 is 0. The smallest absolute Gasteiger partial charge is 0.550 e. The third kappa shape index (κ3) is 25.4. The normalized spacial score (nSPS) is 11.6. The van der Waals surface area contributed by atoms with Crippen LogP contribution in [0, 0.1) is 0 Å². The third-order valence-corrected chi connectivity index (χ3v) is 3.10. The van der Waals surface area contributed by atoms with E-state index in [9.17, 15) is 43.8 Å². The summed E-state index contributed by atoms with van der Waals surface area (Å²) in [6.07, 6.45) is 1.01. The second-order valence-electron chi connectivity index (χ2n) is 6.14. The van der Waals surface area contributed by atoms with Crippen molar-refractivity contribution in [3.05, 3.63) is 24.3 Å². The van der Waals surface area contributed by atoms with Crippen LogP contribution in [0.5, 0.6) is 0 Å². The van der Waals surface area contributed by atoms with Crippen molar-refractivity contribution in [3.63, 3.8) is 0 Å². The molecule has 0 aromatic heterocycles. The summed E-state index contributed by atoms with van der Waals surface area (Å²) in [7, 11) is 0. The summed E-state index contributed by atoms with van der Waals surface area (Å²) in [6, 6.07) is 0. The fourth-order valence-corrected chi connectivity index (χ4v) is 1.66. The molecule has 18 heteroatoms. The van der Waals surface area contributed by atoms with E-state index in [2.05, 4.69) is 0 Å². The Morgan fingerprint density at radius 2 is 0.972 bits per heavy atom. The Labute approximate surface area is 267 Å². The maximum atomic E-state index is 10.3. The fourth-order valence-electron chi connectivity index (χ4n) is 1.66. The van der Waals surface area contributed by atoms with Crippen molar-refractivity contribution in [1.29, 1.82) is 0 Å². The van der Waals surface area contributed by atoms with Gasteiger partial charge in [-0.1, -0.05) is 18.2 Å². The topological polar surface area (TPSA) is 307 Å². The van der Waals surface area contributed by atoms with Crippen LogP contribution < -0.4 is 91.2 Å². The fraction of sp³-hybridized carbons (Fsp3) is 0.389. The van der Waals surface area contributed by atoms with Crippen molar-refractivity contribution in [2.75, 3.05) is 0 Å². The number of hydrogen-bond acceptors (Lipinski definition) is 11. The Morgan fingerprint density at radius 3 is 1.17 bits per heavy atom. The molecule has 0 amide bonds. The van der Waals surface area contributed by atoms with E-state index in [1.807, 2.05) is 0 Å². The molecule has 0 aromatic rings. The van der Waals surface area contributed by atoms with Crippen LogP contribution >= 0.6 is 0 Å². The second-order valence-corrected chi connectivity index (χ2v) is 6.14. The zero-order valence-corrected chi connectivity index (χ0v) is 24.6. The summed E-state index contributed by atoms with van der Waals surface area (Å²) in [4.78, 5) is 70.5. The molecular formula is C18H22KNaO16. The molecule has 0 bridgehead atoms. The van der Waals surface area contributed by atoms with Crippen LogP contribution in [0.15, 0.2) is 24.3 Å². The van der Waals surface area contributed by atoms with Crippen LogP contribution in [-0.2, 0) is 33.6 Å². The molecule has 0 saturated heterocycles. The van der Waals surface area contributed by atoms with Crippen LogP contribution in [-0.4, -0.2) is 88.7 Å². The van der Waals surface area contributed by atoms with Gasteiger partial charge in [0.1, 0.15) is 0 Å². The number of carbonyl (C=O) groups is 7. The van der Waals surface area contributed by atoms with Gasteiger partial charge >= 0.3 is 111 Å². The Kier molecular flexibility index (Phi) is 27.7. The van der Waals surface area contributed by atoms with Crippen LogP contribution in [0.1, 0.15) is 32.6 Å². The number of allylic oxidation sites excluding steroid dienone is 3. The summed E-state index contributed by atoms with van der Waals surface area (Å²) in [5.41, 5.74) is -5.54. The maximum Gasteiger partial charge on any atom is 1.00 e. The first kappa shape index (κ1) is 44.3. The van der Waals surface area contributed by atoms with Crippen molar-refractivity contribution in [1.82, 2.24) is 0 Å². The number of carbonyl (C=O) groups excluding carboxylic acids is 2. The van der Waals surface area contributed by atoms with Crippen LogP contribution in [0.3, 0.4) is 0 Å². The van der Waals surface area contributed by atoms with Crippen LogP contribution in [0.25, 0.3) is 0 Å². The van der Waals surface area contributed by atoms with Gasteiger partial charge < -0.3 is 55.5 Å². The van der Waals surface area contributed by atoms with E-state index in [-0.39, 0.29) is 80.9 Å². The van der Waals surface area contributed by atoms with E-state index < -0.39 is 78.7 Å². The molecule has 0 heterocycles. The van der Waals surface area contributed by atoms with Crippen LogP contribution in [0.4, 0.5) is 0 Å². The number of hydrogen-bond donors (Lipinski definition) is 7. The standard InChI is InChI=1S/2C6H8O7.C6H8O2.K.Na/c2*7-3(8)1-6(13,5(11)12)2-4(9)10;1-2-3-4-5-6(7)8;;/h2*13H,1-2H2,(H,7,8)(H,9,10)(H,11,12);2-5H,1H3,(H,7,8);;/q;;;2*+1/p-2. The van der Waals surface area contributed by atoms with Gasteiger partial charge in [0.15, 0.2) is 11.2 Å². The molecular weight excluding hydrogens is 534 g/mol. The van der Waals surface area contributed by atoms with Gasteiger partial charge in [-0.15, -0.1) is 0 Å². The summed E-state index contributed by atoms with van der Waals surface area (Å²) in [5, 5.41) is 79.0. The van der Waals surface area contributed by atoms with Gasteiger partial charge in [-0.25, -0.2) is 9.59 Å². The number of rotatable bonds is 12. The predicted octanol–water partition coefficient (Wildman–Crippen LogP) is -9.96. The molecule has 7 N–H and O–H groups in total. The molecule has 0 saturated carbocycles. The Hall–Kier alpha value is -1.67. The van der Waals surface area contributed by atoms with Gasteiger partial charge in [0.25, 0.3) is 0 Å². The minimum Gasteiger partial charge on any atom is -0.550 e. The van der Waals surface area contributed by atoms with Crippen LogP contribution in [0.2, 0.25) is 0 Å². The molecule has 0 aliphatic rings. The molecule has 16 nitrogen and oxygen atoms in total. The molecule has 0 aliphatic heterocycles. The average molecular weight is 556 g/mol.